The molecule has 2 heteroatoms. The Balaban J connectivity index is 0.963. The van der Waals surface area contributed by atoms with Gasteiger partial charge in [-0.2, -0.15) is 0 Å². The fourth-order valence-corrected chi connectivity index (χ4v) is 9.77. The standard InChI is InChI=1S/C57H36N2/c1-2-12-37(13-3-1)39-22-27-41(28-23-39)54-36-55(59-56(58-54)45-31-26-38-14-4-5-15-43(38)34-45)42-29-24-40(25-30-42)44-32-33-49-48-18-8-11-21-52(48)57(53(49)35-44)50-19-9-6-16-46(50)47-17-7-10-20-51(47)57/h1-36H. The van der Waals surface area contributed by atoms with Crippen molar-refractivity contribution in [2.45, 2.75) is 5.41 Å². The van der Waals surface area contributed by atoms with Crippen LogP contribution in [0, 0.1) is 0 Å². The molecule has 1 aromatic heterocycles. The Morgan fingerprint density at radius 2 is 0.678 bits per heavy atom. The minimum absolute atomic E-state index is 0.370. The number of fused-ring (bicyclic) bond motifs is 11. The highest BCUT2D eigenvalue weighted by Gasteiger charge is 2.51. The van der Waals surface area contributed by atoms with Crippen molar-refractivity contribution in [2.75, 3.05) is 0 Å². The molecular formula is C57H36N2. The van der Waals surface area contributed by atoms with Crippen molar-refractivity contribution >= 4 is 10.8 Å². The number of hydrogen-bond donors (Lipinski definition) is 0. The first-order chi connectivity index (χ1) is 29.2. The third-order valence-electron chi connectivity index (χ3n) is 12.5. The number of aromatic nitrogens is 2. The van der Waals surface area contributed by atoms with Crippen LogP contribution in [0.3, 0.4) is 0 Å². The quantitative estimate of drug-likeness (QED) is 0.175. The molecule has 0 amide bonds. The molecule has 0 saturated heterocycles. The summed E-state index contributed by atoms with van der Waals surface area (Å²) in [4.78, 5) is 10.4. The normalized spacial score (nSPS) is 12.9. The van der Waals surface area contributed by atoms with Gasteiger partial charge in [-0.05, 0) is 95.7 Å². The predicted octanol–water partition coefficient (Wildman–Crippen LogP) is 14.3. The van der Waals surface area contributed by atoms with E-state index in [1.54, 1.807) is 0 Å². The molecule has 0 N–H and O–H groups in total. The van der Waals surface area contributed by atoms with Crippen LogP contribution in [-0.4, -0.2) is 9.97 Å². The molecule has 59 heavy (non-hydrogen) atoms. The van der Waals surface area contributed by atoms with E-state index in [1.807, 2.05) is 0 Å². The van der Waals surface area contributed by atoms with Gasteiger partial charge in [0.2, 0.25) is 0 Å². The maximum Gasteiger partial charge on any atom is 0.160 e. The number of benzene rings is 9. The van der Waals surface area contributed by atoms with E-state index in [4.69, 9.17) is 9.97 Å². The number of nitrogens with zero attached hydrogens (tertiary/aromatic N) is 2. The lowest BCUT2D eigenvalue weighted by Crippen LogP contribution is -2.25. The van der Waals surface area contributed by atoms with E-state index in [9.17, 15) is 0 Å². The first-order valence-electron chi connectivity index (χ1n) is 20.3. The lowest BCUT2D eigenvalue weighted by molar-refractivity contribution is 0.794. The zero-order valence-corrected chi connectivity index (χ0v) is 32.2. The summed E-state index contributed by atoms with van der Waals surface area (Å²) in [7, 11) is 0. The van der Waals surface area contributed by atoms with Crippen molar-refractivity contribution in [3.05, 3.63) is 241 Å². The van der Waals surface area contributed by atoms with Gasteiger partial charge in [0.05, 0.1) is 16.8 Å². The lowest BCUT2D eigenvalue weighted by Gasteiger charge is -2.30. The SMILES string of the molecule is c1ccc(-c2ccc(-c3cc(-c4ccc(-c5ccc6c(c5)C5(c7ccccc7-c7ccccc75)c5ccccc5-6)cc4)nc(-c4ccc5ccccc5c4)n3)cc2)cc1. The lowest BCUT2D eigenvalue weighted by atomic mass is 9.70. The van der Waals surface area contributed by atoms with Gasteiger partial charge >= 0.3 is 0 Å². The van der Waals surface area contributed by atoms with Crippen LogP contribution >= 0.6 is 0 Å². The fraction of sp³-hybridized carbons (Fsp3) is 0.0175. The molecule has 0 atom stereocenters. The van der Waals surface area contributed by atoms with Crippen molar-refractivity contribution < 1.29 is 0 Å². The molecular weight excluding hydrogens is 713 g/mol. The van der Waals surface area contributed by atoms with Gasteiger partial charge in [-0.15, -0.1) is 0 Å². The Bertz CT molecular complexity index is 3190. The van der Waals surface area contributed by atoms with Crippen LogP contribution in [0.1, 0.15) is 22.3 Å². The van der Waals surface area contributed by atoms with E-state index in [-0.39, 0.29) is 5.41 Å². The zero-order valence-electron chi connectivity index (χ0n) is 32.2. The Hall–Kier alpha value is -7.68. The molecule has 0 aliphatic heterocycles. The fourth-order valence-electron chi connectivity index (χ4n) is 9.77. The molecule has 274 valence electrons. The topological polar surface area (TPSA) is 25.8 Å². The summed E-state index contributed by atoms with van der Waals surface area (Å²) in [6.07, 6.45) is 0. The Morgan fingerprint density at radius 3 is 1.27 bits per heavy atom. The van der Waals surface area contributed by atoms with Gasteiger partial charge in [-0.3, -0.25) is 0 Å². The molecule has 2 nitrogen and oxygen atoms in total. The van der Waals surface area contributed by atoms with Gasteiger partial charge in [0.15, 0.2) is 5.82 Å². The Kier molecular flexibility index (Phi) is 7.48. The molecule has 1 heterocycles. The predicted molar refractivity (Wildman–Crippen MR) is 243 cm³/mol. The van der Waals surface area contributed by atoms with Crippen LogP contribution in [0.4, 0.5) is 0 Å². The van der Waals surface area contributed by atoms with Gasteiger partial charge in [-0.25, -0.2) is 9.97 Å². The first kappa shape index (κ1) is 33.5. The van der Waals surface area contributed by atoms with Gasteiger partial charge < -0.3 is 0 Å². The molecule has 1 spiro atoms. The van der Waals surface area contributed by atoms with E-state index >= 15 is 0 Å². The van der Waals surface area contributed by atoms with Crippen molar-refractivity contribution in [3.63, 3.8) is 0 Å². The molecule has 0 radical (unpaired) electrons. The molecule has 9 aromatic carbocycles. The molecule has 0 saturated carbocycles. The van der Waals surface area contributed by atoms with E-state index in [1.165, 1.54) is 77.5 Å². The molecule has 12 rings (SSSR count). The summed E-state index contributed by atoms with van der Waals surface area (Å²) < 4.78 is 0. The third-order valence-corrected chi connectivity index (χ3v) is 12.5. The van der Waals surface area contributed by atoms with Crippen LogP contribution < -0.4 is 0 Å². The highest BCUT2D eigenvalue weighted by atomic mass is 14.9. The van der Waals surface area contributed by atoms with Gasteiger partial charge in [-0.1, -0.05) is 200 Å². The van der Waals surface area contributed by atoms with Crippen LogP contribution in [-0.2, 0) is 5.41 Å². The van der Waals surface area contributed by atoms with E-state index in [2.05, 4.69) is 218 Å². The third kappa shape index (κ3) is 5.20. The second-order valence-electron chi connectivity index (χ2n) is 15.7. The second-order valence-corrected chi connectivity index (χ2v) is 15.7. The van der Waals surface area contributed by atoms with Gasteiger partial charge in [0.25, 0.3) is 0 Å². The van der Waals surface area contributed by atoms with E-state index < -0.39 is 0 Å². The molecule has 10 aromatic rings. The van der Waals surface area contributed by atoms with Crippen molar-refractivity contribution in [1.82, 2.24) is 9.97 Å². The van der Waals surface area contributed by atoms with Crippen LogP contribution in [0.5, 0.6) is 0 Å². The molecule has 2 aliphatic carbocycles. The van der Waals surface area contributed by atoms with Crippen LogP contribution in [0.25, 0.3) is 89.2 Å². The summed E-state index contributed by atoms with van der Waals surface area (Å²) in [6, 6.07) is 79.2. The smallest absolute Gasteiger partial charge is 0.160 e. The molecule has 0 unspecified atom stereocenters. The Morgan fingerprint density at radius 1 is 0.254 bits per heavy atom. The number of rotatable bonds is 5. The minimum atomic E-state index is -0.370. The van der Waals surface area contributed by atoms with Crippen molar-refractivity contribution in [2.24, 2.45) is 0 Å². The summed E-state index contributed by atoms with van der Waals surface area (Å²) in [5.41, 5.74) is 19.9. The van der Waals surface area contributed by atoms with E-state index in [0.717, 1.165) is 28.1 Å². The summed E-state index contributed by atoms with van der Waals surface area (Å²) in [5.74, 6) is 0.708. The van der Waals surface area contributed by atoms with Crippen LogP contribution in [0.2, 0.25) is 0 Å². The highest BCUT2D eigenvalue weighted by Crippen LogP contribution is 2.63. The Labute approximate surface area is 343 Å². The zero-order chi connectivity index (χ0) is 38.9. The van der Waals surface area contributed by atoms with Gasteiger partial charge in [0.1, 0.15) is 0 Å². The van der Waals surface area contributed by atoms with Crippen LogP contribution in [0.15, 0.2) is 218 Å². The largest absolute Gasteiger partial charge is 0.228 e. The summed E-state index contributed by atoms with van der Waals surface area (Å²) in [5, 5.41) is 2.36. The summed E-state index contributed by atoms with van der Waals surface area (Å²) >= 11 is 0. The average Bonchev–Trinajstić information content (AvgIpc) is 3.79. The highest BCUT2D eigenvalue weighted by molar-refractivity contribution is 5.96. The maximum atomic E-state index is 5.22. The molecule has 0 fully saturated rings. The average molecular weight is 749 g/mol. The molecule has 2 aliphatic rings. The summed E-state index contributed by atoms with van der Waals surface area (Å²) in [6.45, 7) is 0. The number of hydrogen-bond acceptors (Lipinski definition) is 2. The van der Waals surface area contributed by atoms with Crippen molar-refractivity contribution in [1.29, 1.82) is 0 Å². The molecule has 0 bridgehead atoms. The van der Waals surface area contributed by atoms with Crippen molar-refractivity contribution in [3.8, 4) is 78.4 Å². The first-order valence-corrected chi connectivity index (χ1v) is 20.3. The maximum absolute atomic E-state index is 5.22. The second kappa shape index (κ2) is 13.2. The van der Waals surface area contributed by atoms with E-state index in [0.29, 0.717) is 5.82 Å². The van der Waals surface area contributed by atoms with Gasteiger partial charge in [0, 0.05) is 16.7 Å². The minimum Gasteiger partial charge on any atom is -0.228 e. The monoisotopic (exact) mass is 748 g/mol.